The summed E-state index contributed by atoms with van der Waals surface area (Å²) in [6.07, 6.45) is 0.696. The van der Waals surface area contributed by atoms with Crippen LogP contribution >= 0.6 is 0 Å². The van der Waals surface area contributed by atoms with E-state index in [4.69, 9.17) is 5.11 Å². The number of aliphatic hydroxyl groups excluding tert-OH is 1. The molecule has 2 rings (SSSR count). The highest BCUT2D eigenvalue weighted by Crippen LogP contribution is 2.19. The summed E-state index contributed by atoms with van der Waals surface area (Å²) in [6.45, 7) is 4.29. The number of pyridine rings is 1. The number of benzene rings is 1. The molecular weight excluding hydrogens is 212 g/mol. The van der Waals surface area contributed by atoms with E-state index < -0.39 is 0 Å². The predicted molar refractivity (Wildman–Crippen MR) is 71.1 cm³/mol. The molecule has 3 heteroatoms. The Kier molecular flexibility index (Phi) is 3.29. The van der Waals surface area contributed by atoms with Gasteiger partial charge in [0.1, 0.15) is 5.82 Å². The van der Waals surface area contributed by atoms with E-state index in [-0.39, 0.29) is 12.1 Å². The Bertz CT molecular complexity index is 508. The molecule has 0 bridgehead atoms. The fourth-order valence-electron chi connectivity index (χ4n) is 1.82. The van der Waals surface area contributed by atoms with Crippen molar-refractivity contribution in [1.82, 2.24) is 4.98 Å². The zero-order valence-corrected chi connectivity index (χ0v) is 10.3. The van der Waals surface area contributed by atoms with Crippen LogP contribution < -0.4 is 5.32 Å². The highest BCUT2D eigenvalue weighted by Gasteiger charge is 2.16. The van der Waals surface area contributed by atoms with E-state index in [1.54, 1.807) is 0 Å². The van der Waals surface area contributed by atoms with Gasteiger partial charge in [0.05, 0.1) is 5.52 Å². The zero-order valence-electron chi connectivity index (χ0n) is 10.3. The molecular formula is C14H18N2O. The molecule has 90 valence electrons. The van der Waals surface area contributed by atoms with Crippen LogP contribution in [-0.4, -0.2) is 22.2 Å². The molecule has 17 heavy (non-hydrogen) atoms. The van der Waals surface area contributed by atoms with E-state index in [1.807, 2.05) is 30.3 Å². The lowest BCUT2D eigenvalue weighted by Crippen LogP contribution is -2.32. The monoisotopic (exact) mass is 230 g/mol. The Morgan fingerprint density at radius 3 is 2.71 bits per heavy atom. The summed E-state index contributed by atoms with van der Waals surface area (Å²) < 4.78 is 0. The molecule has 0 aliphatic heterocycles. The number of fused-ring (bicyclic) bond motifs is 1. The van der Waals surface area contributed by atoms with Crippen LogP contribution in [0.4, 0.5) is 5.82 Å². The molecule has 0 atom stereocenters. The Hall–Kier alpha value is -1.61. The first kappa shape index (κ1) is 11.9. The van der Waals surface area contributed by atoms with Crippen molar-refractivity contribution < 1.29 is 5.11 Å². The van der Waals surface area contributed by atoms with E-state index in [1.165, 1.54) is 0 Å². The van der Waals surface area contributed by atoms with Crippen molar-refractivity contribution in [3.8, 4) is 0 Å². The minimum Gasteiger partial charge on any atom is -0.396 e. The molecule has 0 saturated carbocycles. The molecule has 1 heterocycles. The normalized spacial score (nSPS) is 11.7. The lowest BCUT2D eigenvalue weighted by Gasteiger charge is -2.26. The number of nitrogens with zero attached hydrogens (tertiary/aromatic N) is 1. The summed E-state index contributed by atoms with van der Waals surface area (Å²) in [7, 11) is 0. The average molecular weight is 230 g/mol. The van der Waals surface area contributed by atoms with E-state index in [0.29, 0.717) is 6.42 Å². The van der Waals surface area contributed by atoms with Gasteiger partial charge in [-0.05, 0) is 38.5 Å². The molecule has 0 aliphatic rings. The lowest BCUT2D eigenvalue weighted by molar-refractivity contribution is 0.260. The number of hydrogen-bond acceptors (Lipinski definition) is 3. The van der Waals surface area contributed by atoms with Gasteiger partial charge in [-0.15, -0.1) is 0 Å². The van der Waals surface area contributed by atoms with E-state index in [2.05, 4.69) is 30.2 Å². The fraction of sp³-hybridized carbons (Fsp3) is 0.357. The molecule has 0 spiro atoms. The third-order valence-electron chi connectivity index (χ3n) is 2.80. The average Bonchev–Trinajstić information content (AvgIpc) is 2.28. The van der Waals surface area contributed by atoms with Gasteiger partial charge in [-0.3, -0.25) is 0 Å². The fourth-order valence-corrected chi connectivity index (χ4v) is 1.82. The van der Waals surface area contributed by atoms with Crippen LogP contribution in [0.5, 0.6) is 0 Å². The number of aromatic nitrogens is 1. The SMILES string of the molecule is CC(C)(CCO)Nc1ccc2ccccc2n1. The van der Waals surface area contributed by atoms with Crippen molar-refractivity contribution in [3.05, 3.63) is 36.4 Å². The maximum absolute atomic E-state index is 8.99. The molecule has 0 amide bonds. The second-order valence-electron chi connectivity index (χ2n) is 4.87. The summed E-state index contributed by atoms with van der Waals surface area (Å²) in [5.41, 5.74) is 0.835. The second kappa shape index (κ2) is 4.72. The Labute approximate surface area is 102 Å². The van der Waals surface area contributed by atoms with Gasteiger partial charge < -0.3 is 10.4 Å². The van der Waals surface area contributed by atoms with Crippen LogP contribution in [0.25, 0.3) is 10.9 Å². The number of para-hydroxylation sites is 1. The number of hydrogen-bond donors (Lipinski definition) is 2. The third-order valence-corrected chi connectivity index (χ3v) is 2.80. The van der Waals surface area contributed by atoms with Crippen molar-refractivity contribution in [2.45, 2.75) is 25.8 Å². The lowest BCUT2D eigenvalue weighted by atomic mass is 10.0. The van der Waals surface area contributed by atoms with Gasteiger partial charge in [0.25, 0.3) is 0 Å². The Morgan fingerprint density at radius 1 is 1.18 bits per heavy atom. The van der Waals surface area contributed by atoms with Gasteiger partial charge in [0, 0.05) is 17.5 Å². The molecule has 2 N–H and O–H groups in total. The van der Waals surface area contributed by atoms with Crippen molar-refractivity contribution >= 4 is 16.7 Å². The highest BCUT2D eigenvalue weighted by molar-refractivity contribution is 5.80. The number of aliphatic hydroxyl groups is 1. The van der Waals surface area contributed by atoms with Crippen LogP contribution in [0, 0.1) is 0 Å². The molecule has 0 aliphatic carbocycles. The Morgan fingerprint density at radius 2 is 1.94 bits per heavy atom. The van der Waals surface area contributed by atoms with Crippen LogP contribution in [-0.2, 0) is 0 Å². The minimum absolute atomic E-state index is 0.149. The van der Waals surface area contributed by atoms with Gasteiger partial charge in [0.2, 0.25) is 0 Å². The largest absolute Gasteiger partial charge is 0.396 e. The number of nitrogens with one attached hydrogen (secondary N) is 1. The molecule has 2 aromatic rings. The number of anilines is 1. The van der Waals surface area contributed by atoms with Gasteiger partial charge in [-0.25, -0.2) is 4.98 Å². The number of rotatable bonds is 4. The van der Waals surface area contributed by atoms with Crippen molar-refractivity contribution in [2.75, 3.05) is 11.9 Å². The van der Waals surface area contributed by atoms with Gasteiger partial charge in [-0.1, -0.05) is 18.2 Å². The molecule has 1 aromatic heterocycles. The van der Waals surface area contributed by atoms with Crippen molar-refractivity contribution in [1.29, 1.82) is 0 Å². The van der Waals surface area contributed by atoms with Crippen LogP contribution in [0.2, 0.25) is 0 Å². The molecule has 1 aromatic carbocycles. The van der Waals surface area contributed by atoms with Crippen LogP contribution in [0.1, 0.15) is 20.3 Å². The first-order valence-corrected chi connectivity index (χ1v) is 5.86. The first-order chi connectivity index (χ1) is 8.11. The minimum atomic E-state index is -0.149. The maximum atomic E-state index is 8.99. The molecule has 0 radical (unpaired) electrons. The summed E-state index contributed by atoms with van der Waals surface area (Å²) in [4.78, 5) is 4.55. The zero-order chi connectivity index (χ0) is 12.3. The molecule has 0 unspecified atom stereocenters. The molecule has 3 nitrogen and oxygen atoms in total. The smallest absolute Gasteiger partial charge is 0.127 e. The third kappa shape index (κ3) is 2.94. The van der Waals surface area contributed by atoms with Gasteiger partial charge >= 0.3 is 0 Å². The van der Waals surface area contributed by atoms with E-state index in [9.17, 15) is 0 Å². The van der Waals surface area contributed by atoms with E-state index >= 15 is 0 Å². The summed E-state index contributed by atoms with van der Waals surface area (Å²) in [6, 6.07) is 12.1. The topological polar surface area (TPSA) is 45.1 Å². The van der Waals surface area contributed by atoms with Crippen LogP contribution in [0.15, 0.2) is 36.4 Å². The maximum Gasteiger partial charge on any atom is 0.127 e. The predicted octanol–water partition coefficient (Wildman–Crippen LogP) is 2.81. The second-order valence-corrected chi connectivity index (χ2v) is 4.87. The summed E-state index contributed by atoms with van der Waals surface area (Å²) >= 11 is 0. The molecule has 0 fully saturated rings. The first-order valence-electron chi connectivity index (χ1n) is 5.86. The van der Waals surface area contributed by atoms with Crippen molar-refractivity contribution in [2.24, 2.45) is 0 Å². The quantitative estimate of drug-likeness (QED) is 0.849. The van der Waals surface area contributed by atoms with Crippen molar-refractivity contribution in [3.63, 3.8) is 0 Å². The van der Waals surface area contributed by atoms with Crippen LogP contribution in [0.3, 0.4) is 0 Å². The summed E-state index contributed by atoms with van der Waals surface area (Å²) in [5, 5.41) is 13.5. The molecule has 0 saturated heterocycles. The van der Waals surface area contributed by atoms with Gasteiger partial charge in [-0.2, -0.15) is 0 Å². The van der Waals surface area contributed by atoms with E-state index in [0.717, 1.165) is 16.7 Å². The summed E-state index contributed by atoms with van der Waals surface area (Å²) in [5.74, 6) is 0.849. The highest BCUT2D eigenvalue weighted by atomic mass is 16.3. The Balaban J connectivity index is 2.25. The standard InChI is InChI=1S/C14H18N2O/c1-14(2,9-10-17)16-13-8-7-11-5-3-4-6-12(11)15-13/h3-8,17H,9-10H2,1-2H3,(H,15,16). The van der Waals surface area contributed by atoms with Gasteiger partial charge in [0.15, 0.2) is 0 Å².